The summed E-state index contributed by atoms with van der Waals surface area (Å²) in [5.74, 6) is -0.208. The maximum absolute atomic E-state index is 14.0. The zero-order valence-electron chi connectivity index (χ0n) is 11.4. The number of benzene rings is 2. The van der Waals surface area contributed by atoms with Gasteiger partial charge in [0.05, 0.1) is 0 Å². The summed E-state index contributed by atoms with van der Waals surface area (Å²) >= 11 is 12.1. The molecule has 106 valence electrons. The van der Waals surface area contributed by atoms with Crippen LogP contribution in [-0.4, -0.2) is 7.05 Å². The van der Waals surface area contributed by atoms with E-state index in [1.807, 2.05) is 26.1 Å². The van der Waals surface area contributed by atoms with E-state index in [1.54, 1.807) is 18.2 Å². The molecular formula is C16H16Cl2FN. The molecule has 1 nitrogen and oxygen atoms in total. The molecule has 0 aromatic heterocycles. The van der Waals surface area contributed by atoms with Crippen molar-refractivity contribution >= 4 is 23.2 Å². The molecule has 20 heavy (non-hydrogen) atoms. The fourth-order valence-corrected chi connectivity index (χ4v) is 2.69. The number of likely N-dealkylation sites (N-methyl/N-ethyl adjacent to an activating group) is 1. The first-order chi connectivity index (χ1) is 9.51. The van der Waals surface area contributed by atoms with Crippen molar-refractivity contribution in [1.82, 2.24) is 5.32 Å². The molecule has 1 N–H and O–H groups in total. The fraction of sp³-hybridized carbons (Fsp3) is 0.250. The van der Waals surface area contributed by atoms with Crippen molar-refractivity contribution in [3.8, 4) is 0 Å². The van der Waals surface area contributed by atoms with Crippen molar-refractivity contribution in [3.05, 3.63) is 69.0 Å². The Morgan fingerprint density at radius 1 is 1.15 bits per heavy atom. The molecule has 0 aliphatic heterocycles. The van der Waals surface area contributed by atoms with Crippen LogP contribution in [0.3, 0.4) is 0 Å². The van der Waals surface area contributed by atoms with E-state index in [0.717, 1.165) is 11.1 Å². The highest BCUT2D eigenvalue weighted by Crippen LogP contribution is 2.27. The number of halogens is 3. The lowest BCUT2D eigenvalue weighted by Gasteiger charge is -2.19. The second-order valence-electron chi connectivity index (χ2n) is 4.81. The SMILES string of the molecule is CNC(Cc1ccc(Cl)cc1Cl)c1cc(C)ccc1F. The van der Waals surface area contributed by atoms with Gasteiger partial charge in [-0.3, -0.25) is 0 Å². The summed E-state index contributed by atoms with van der Waals surface area (Å²) in [4.78, 5) is 0. The van der Waals surface area contributed by atoms with Gasteiger partial charge in [-0.15, -0.1) is 0 Å². The molecule has 1 unspecified atom stereocenters. The van der Waals surface area contributed by atoms with Gasteiger partial charge in [0.1, 0.15) is 5.82 Å². The molecule has 4 heteroatoms. The first-order valence-electron chi connectivity index (χ1n) is 6.38. The zero-order chi connectivity index (χ0) is 14.7. The number of nitrogens with one attached hydrogen (secondary N) is 1. The van der Waals surface area contributed by atoms with Crippen LogP contribution in [0.25, 0.3) is 0 Å². The van der Waals surface area contributed by atoms with Gasteiger partial charge < -0.3 is 5.32 Å². The van der Waals surface area contributed by atoms with Gasteiger partial charge >= 0.3 is 0 Å². The molecule has 0 amide bonds. The second kappa shape index (κ2) is 6.57. The minimum absolute atomic E-state index is 0.131. The minimum atomic E-state index is -0.208. The van der Waals surface area contributed by atoms with E-state index in [9.17, 15) is 4.39 Å². The number of aryl methyl sites for hydroxylation is 1. The van der Waals surface area contributed by atoms with E-state index >= 15 is 0 Å². The van der Waals surface area contributed by atoms with E-state index in [4.69, 9.17) is 23.2 Å². The van der Waals surface area contributed by atoms with E-state index < -0.39 is 0 Å². The molecule has 0 saturated heterocycles. The summed E-state index contributed by atoms with van der Waals surface area (Å²) in [6.07, 6.45) is 0.604. The van der Waals surface area contributed by atoms with Crippen molar-refractivity contribution in [2.75, 3.05) is 7.05 Å². The highest BCUT2D eigenvalue weighted by Gasteiger charge is 2.16. The van der Waals surface area contributed by atoms with Crippen molar-refractivity contribution in [3.63, 3.8) is 0 Å². The first kappa shape index (κ1) is 15.3. The molecule has 0 aliphatic rings. The predicted octanol–water partition coefficient (Wildman–Crippen LogP) is 4.94. The molecule has 0 fully saturated rings. The minimum Gasteiger partial charge on any atom is -0.313 e. The molecule has 1 atom stereocenters. The molecular weight excluding hydrogens is 296 g/mol. The third-order valence-corrected chi connectivity index (χ3v) is 3.90. The zero-order valence-corrected chi connectivity index (χ0v) is 12.9. The van der Waals surface area contributed by atoms with Crippen molar-refractivity contribution in [2.24, 2.45) is 0 Å². The fourth-order valence-electron chi connectivity index (χ4n) is 2.20. The summed E-state index contributed by atoms with van der Waals surface area (Å²) in [6.45, 7) is 1.95. The van der Waals surface area contributed by atoms with Crippen LogP contribution in [0.15, 0.2) is 36.4 Å². The molecule has 2 aromatic carbocycles. The maximum atomic E-state index is 14.0. The molecule has 0 aliphatic carbocycles. The summed E-state index contributed by atoms with van der Waals surface area (Å²) in [6, 6.07) is 10.4. The van der Waals surface area contributed by atoms with Gasteiger partial charge in [-0.2, -0.15) is 0 Å². The van der Waals surface area contributed by atoms with Crippen molar-refractivity contribution in [1.29, 1.82) is 0 Å². The molecule has 0 saturated carbocycles. The average Bonchev–Trinajstić information content (AvgIpc) is 2.41. The van der Waals surface area contributed by atoms with Gasteiger partial charge in [0, 0.05) is 21.7 Å². The smallest absolute Gasteiger partial charge is 0.128 e. The predicted molar refractivity (Wildman–Crippen MR) is 83.1 cm³/mol. The van der Waals surface area contributed by atoms with Gasteiger partial charge in [0.15, 0.2) is 0 Å². The quantitative estimate of drug-likeness (QED) is 0.843. The Labute approximate surface area is 128 Å². The van der Waals surface area contributed by atoms with Crippen LogP contribution < -0.4 is 5.32 Å². The summed E-state index contributed by atoms with van der Waals surface area (Å²) in [5.41, 5.74) is 2.62. The lowest BCUT2D eigenvalue weighted by Crippen LogP contribution is -2.20. The van der Waals surface area contributed by atoms with Crippen LogP contribution in [-0.2, 0) is 6.42 Å². The van der Waals surface area contributed by atoms with Crippen LogP contribution in [0.2, 0.25) is 10.0 Å². The molecule has 0 bridgehead atoms. The molecule has 0 radical (unpaired) electrons. The third-order valence-electron chi connectivity index (χ3n) is 3.31. The molecule has 0 spiro atoms. The third kappa shape index (κ3) is 3.51. The largest absolute Gasteiger partial charge is 0.313 e. The van der Waals surface area contributed by atoms with E-state index in [1.165, 1.54) is 6.07 Å². The Hall–Kier alpha value is -1.09. The molecule has 0 heterocycles. The van der Waals surface area contributed by atoms with Crippen LogP contribution >= 0.6 is 23.2 Å². The number of rotatable bonds is 4. The van der Waals surface area contributed by atoms with Crippen LogP contribution in [0.5, 0.6) is 0 Å². The Bertz CT molecular complexity index is 613. The highest BCUT2D eigenvalue weighted by molar-refractivity contribution is 6.35. The normalized spacial score (nSPS) is 12.4. The lowest BCUT2D eigenvalue weighted by molar-refractivity contribution is 0.533. The van der Waals surface area contributed by atoms with Crippen LogP contribution in [0.4, 0.5) is 4.39 Å². The van der Waals surface area contributed by atoms with E-state index in [2.05, 4.69) is 5.32 Å². The topological polar surface area (TPSA) is 12.0 Å². The van der Waals surface area contributed by atoms with Gasteiger partial charge in [0.2, 0.25) is 0 Å². The Morgan fingerprint density at radius 2 is 1.90 bits per heavy atom. The lowest BCUT2D eigenvalue weighted by atomic mass is 9.97. The second-order valence-corrected chi connectivity index (χ2v) is 5.65. The molecule has 2 rings (SSSR count). The van der Waals surface area contributed by atoms with Crippen molar-refractivity contribution in [2.45, 2.75) is 19.4 Å². The van der Waals surface area contributed by atoms with E-state index in [-0.39, 0.29) is 11.9 Å². The average molecular weight is 312 g/mol. The van der Waals surface area contributed by atoms with Crippen molar-refractivity contribution < 1.29 is 4.39 Å². The molecule has 2 aromatic rings. The van der Waals surface area contributed by atoms with Gasteiger partial charge in [-0.25, -0.2) is 4.39 Å². The summed E-state index contributed by atoms with van der Waals surface area (Å²) < 4.78 is 14.0. The Balaban J connectivity index is 2.31. The summed E-state index contributed by atoms with van der Waals surface area (Å²) in [7, 11) is 1.82. The standard InChI is InChI=1S/C16H16Cl2FN/c1-10-3-6-15(19)13(7-10)16(20-2)8-11-4-5-12(17)9-14(11)18/h3-7,9,16,20H,8H2,1-2H3. The van der Waals surface area contributed by atoms with Gasteiger partial charge in [0.25, 0.3) is 0 Å². The van der Waals surface area contributed by atoms with Gasteiger partial charge in [-0.05, 0) is 44.2 Å². The first-order valence-corrected chi connectivity index (χ1v) is 7.14. The van der Waals surface area contributed by atoms with Gasteiger partial charge in [-0.1, -0.05) is 47.0 Å². The Morgan fingerprint density at radius 3 is 2.55 bits per heavy atom. The maximum Gasteiger partial charge on any atom is 0.128 e. The monoisotopic (exact) mass is 311 g/mol. The van der Waals surface area contributed by atoms with E-state index in [0.29, 0.717) is 22.0 Å². The van der Waals surface area contributed by atoms with Crippen LogP contribution in [0.1, 0.15) is 22.7 Å². The Kier molecular flexibility index (Phi) is 5.03. The highest BCUT2D eigenvalue weighted by atomic mass is 35.5. The van der Waals surface area contributed by atoms with Crippen LogP contribution in [0, 0.1) is 12.7 Å². The number of hydrogen-bond donors (Lipinski definition) is 1. The summed E-state index contributed by atoms with van der Waals surface area (Å²) in [5, 5.41) is 4.35. The number of hydrogen-bond acceptors (Lipinski definition) is 1.